The molecule has 0 spiro atoms. The lowest BCUT2D eigenvalue weighted by molar-refractivity contribution is -0.197. The van der Waals surface area contributed by atoms with E-state index in [0.717, 1.165) is 23.2 Å². The van der Waals surface area contributed by atoms with Crippen LogP contribution in [0, 0.1) is 11.7 Å². The molecule has 0 N–H and O–H groups in total. The fourth-order valence-corrected chi connectivity index (χ4v) is 2.49. The molecular formula is C19H20FNO2. The van der Waals surface area contributed by atoms with Gasteiger partial charge in [0.05, 0.1) is 18.9 Å². The van der Waals surface area contributed by atoms with E-state index in [1.54, 1.807) is 18.3 Å². The highest BCUT2D eigenvalue weighted by Crippen LogP contribution is 2.26. The number of allylic oxidation sites excluding steroid dienone is 1. The zero-order valence-corrected chi connectivity index (χ0v) is 13.1. The van der Waals surface area contributed by atoms with Gasteiger partial charge in [-0.2, -0.15) is 0 Å². The van der Waals surface area contributed by atoms with Crippen LogP contribution in [0.5, 0.6) is 0 Å². The summed E-state index contributed by atoms with van der Waals surface area (Å²) in [5.74, 6) is 0.0682. The minimum Gasteiger partial charge on any atom is -0.348 e. The molecule has 1 fully saturated rings. The number of pyridine rings is 1. The van der Waals surface area contributed by atoms with Crippen molar-refractivity contribution in [1.29, 1.82) is 0 Å². The molecule has 3 rings (SSSR count). The molecule has 2 heterocycles. The molecule has 23 heavy (non-hydrogen) atoms. The highest BCUT2D eigenvalue weighted by atomic mass is 19.1. The third-order valence-electron chi connectivity index (χ3n) is 3.77. The van der Waals surface area contributed by atoms with E-state index in [2.05, 4.69) is 24.1 Å². The van der Waals surface area contributed by atoms with Crippen LogP contribution in [0.4, 0.5) is 4.39 Å². The second kappa shape index (κ2) is 7.49. The zero-order valence-electron chi connectivity index (χ0n) is 13.1. The number of halogens is 1. The van der Waals surface area contributed by atoms with E-state index in [-0.39, 0.29) is 12.1 Å². The normalized spacial score (nSPS) is 21.7. The van der Waals surface area contributed by atoms with Gasteiger partial charge in [-0.1, -0.05) is 25.1 Å². The fraction of sp³-hybridized carbons (Fsp3) is 0.316. The van der Waals surface area contributed by atoms with Crippen LogP contribution in [0.2, 0.25) is 0 Å². The summed E-state index contributed by atoms with van der Waals surface area (Å²) >= 11 is 0. The quantitative estimate of drug-likeness (QED) is 0.778. The van der Waals surface area contributed by atoms with Gasteiger partial charge >= 0.3 is 0 Å². The van der Waals surface area contributed by atoms with Crippen molar-refractivity contribution in [3.05, 3.63) is 66.1 Å². The van der Waals surface area contributed by atoms with Crippen molar-refractivity contribution in [3.63, 3.8) is 0 Å². The maximum absolute atomic E-state index is 13.0. The Balaban J connectivity index is 1.64. The SMILES string of the molecule is CC/C=C/[C@H]1CO[C@H](c2ccc(-c3ccc(F)cc3)nc2)OC1. The molecule has 3 nitrogen and oxygen atoms in total. The molecule has 4 heteroatoms. The average Bonchev–Trinajstić information content (AvgIpc) is 2.61. The Labute approximate surface area is 135 Å². The van der Waals surface area contributed by atoms with Crippen molar-refractivity contribution < 1.29 is 13.9 Å². The number of benzene rings is 1. The summed E-state index contributed by atoms with van der Waals surface area (Å²) < 4.78 is 24.5. The predicted molar refractivity (Wildman–Crippen MR) is 87.2 cm³/mol. The monoisotopic (exact) mass is 313 g/mol. The van der Waals surface area contributed by atoms with Crippen molar-refractivity contribution in [2.75, 3.05) is 13.2 Å². The van der Waals surface area contributed by atoms with Crippen LogP contribution in [-0.2, 0) is 9.47 Å². The number of nitrogens with zero attached hydrogens (tertiary/aromatic N) is 1. The Bertz CT molecular complexity index is 644. The van der Waals surface area contributed by atoms with E-state index < -0.39 is 0 Å². The van der Waals surface area contributed by atoms with Gasteiger partial charge in [-0.3, -0.25) is 4.98 Å². The summed E-state index contributed by atoms with van der Waals surface area (Å²) in [4.78, 5) is 4.43. The maximum Gasteiger partial charge on any atom is 0.185 e. The van der Waals surface area contributed by atoms with Gasteiger partial charge in [-0.15, -0.1) is 0 Å². The van der Waals surface area contributed by atoms with Crippen LogP contribution in [0.3, 0.4) is 0 Å². The highest BCUT2D eigenvalue weighted by molar-refractivity contribution is 5.58. The molecule has 0 saturated carbocycles. The van der Waals surface area contributed by atoms with Crippen LogP contribution < -0.4 is 0 Å². The number of hydrogen-bond acceptors (Lipinski definition) is 3. The smallest absolute Gasteiger partial charge is 0.185 e. The van der Waals surface area contributed by atoms with Crippen LogP contribution in [0.25, 0.3) is 11.3 Å². The Morgan fingerprint density at radius 3 is 2.48 bits per heavy atom. The van der Waals surface area contributed by atoms with E-state index in [1.807, 2.05) is 12.1 Å². The molecule has 2 aromatic rings. The van der Waals surface area contributed by atoms with Gasteiger partial charge < -0.3 is 9.47 Å². The third-order valence-corrected chi connectivity index (χ3v) is 3.77. The number of aromatic nitrogens is 1. The lowest BCUT2D eigenvalue weighted by Crippen LogP contribution is -2.25. The van der Waals surface area contributed by atoms with E-state index >= 15 is 0 Å². The molecule has 1 aliphatic rings. The van der Waals surface area contributed by atoms with Crippen molar-refractivity contribution in [2.24, 2.45) is 5.92 Å². The van der Waals surface area contributed by atoms with Crippen molar-refractivity contribution in [3.8, 4) is 11.3 Å². The molecule has 0 unspecified atom stereocenters. The zero-order chi connectivity index (χ0) is 16.1. The lowest BCUT2D eigenvalue weighted by atomic mass is 10.1. The summed E-state index contributed by atoms with van der Waals surface area (Å²) in [7, 11) is 0. The Morgan fingerprint density at radius 1 is 1.13 bits per heavy atom. The molecule has 1 aromatic carbocycles. The molecule has 1 aliphatic heterocycles. The lowest BCUT2D eigenvalue weighted by Gasteiger charge is -2.28. The van der Waals surface area contributed by atoms with Crippen LogP contribution in [0.15, 0.2) is 54.7 Å². The first-order valence-corrected chi connectivity index (χ1v) is 7.88. The number of ether oxygens (including phenoxy) is 2. The summed E-state index contributed by atoms with van der Waals surface area (Å²) in [6, 6.07) is 10.1. The minimum atomic E-state index is -0.365. The van der Waals surface area contributed by atoms with Gasteiger partial charge in [-0.05, 0) is 36.8 Å². The Morgan fingerprint density at radius 2 is 1.87 bits per heavy atom. The van der Waals surface area contributed by atoms with Crippen LogP contribution >= 0.6 is 0 Å². The molecule has 0 bridgehead atoms. The molecule has 0 aliphatic carbocycles. The topological polar surface area (TPSA) is 31.4 Å². The Hall–Kier alpha value is -2.04. The van der Waals surface area contributed by atoms with Gasteiger partial charge in [0.25, 0.3) is 0 Å². The molecule has 0 radical (unpaired) electrons. The number of rotatable bonds is 4. The second-order valence-electron chi connectivity index (χ2n) is 5.58. The van der Waals surface area contributed by atoms with Gasteiger partial charge in [0.15, 0.2) is 6.29 Å². The summed E-state index contributed by atoms with van der Waals surface area (Å²) in [5.41, 5.74) is 2.58. The van der Waals surface area contributed by atoms with Crippen molar-refractivity contribution in [1.82, 2.24) is 4.98 Å². The first-order valence-electron chi connectivity index (χ1n) is 7.88. The number of hydrogen-bond donors (Lipinski definition) is 0. The maximum atomic E-state index is 13.0. The van der Waals surface area contributed by atoms with Gasteiger partial charge in [0.2, 0.25) is 0 Å². The first kappa shape index (κ1) is 15.8. The highest BCUT2D eigenvalue weighted by Gasteiger charge is 2.22. The van der Waals surface area contributed by atoms with E-state index in [9.17, 15) is 4.39 Å². The Kier molecular flexibility index (Phi) is 5.16. The standard InChI is InChI=1S/C19H20FNO2/c1-2-3-4-14-12-22-19(23-13-14)16-7-10-18(21-11-16)15-5-8-17(20)9-6-15/h3-11,14,19H,2,12-13H2,1H3/b4-3+/t14-,19-. The fourth-order valence-electron chi connectivity index (χ4n) is 2.49. The minimum absolute atomic E-state index is 0.249. The molecule has 1 aromatic heterocycles. The van der Waals surface area contributed by atoms with Crippen molar-refractivity contribution in [2.45, 2.75) is 19.6 Å². The molecule has 0 amide bonds. The largest absolute Gasteiger partial charge is 0.348 e. The first-order chi connectivity index (χ1) is 11.3. The molecular weight excluding hydrogens is 293 g/mol. The average molecular weight is 313 g/mol. The van der Waals surface area contributed by atoms with Crippen LogP contribution in [-0.4, -0.2) is 18.2 Å². The van der Waals surface area contributed by atoms with Crippen LogP contribution in [0.1, 0.15) is 25.2 Å². The van der Waals surface area contributed by atoms with Gasteiger partial charge in [0.1, 0.15) is 5.82 Å². The summed E-state index contributed by atoms with van der Waals surface area (Å²) in [6.45, 7) is 3.42. The van der Waals surface area contributed by atoms with Crippen molar-refractivity contribution >= 4 is 0 Å². The van der Waals surface area contributed by atoms with E-state index in [1.165, 1.54) is 12.1 Å². The molecule has 120 valence electrons. The summed E-state index contributed by atoms with van der Waals surface area (Å²) in [6.07, 6.45) is 6.69. The van der Waals surface area contributed by atoms with Gasteiger partial charge in [-0.25, -0.2) is 4.39 Å². The molecule has 0 atom stereocenters. The molecule has 1 saturated heterocycles. The summed E-state index contributed by atoms with van der Waals surface area (Å²) in [5, 5.41) is 0. The predicted octanol–water partition coefficient (Wildman–Crippen LogP) is 4.52. The third kappa shape index (κ3) is 4.03. The second-order valence-corrected chi connectivity index (χ2v) is 5.58. The van der Waals surface area contributed by atoms with Gasteiger partial charge in [0, 0.05) is 23.2 Å². The van der Waals surface area contributed by atoms with E-state index in [4.69, 9.17) is 9.47 Å². The van der Waals surface area contributed by atoms with E-state index in [0.29, 0.717) is 19.1 Å².